The number of benzene rings is 2. The van der Waals surface area contributed by atoms with Crippen LogP contribution in [0.4, 0.5) is 5.69 Å². The average molecular weight is 408 g/mol. The van der Waals surface area contributed by atoms with Gasteiger partial charge in [-0.15, -0.1) is 0 Å². The number of fused-ring (bicyclic) bond motifs is 1. The molecule has 2 heterocycles. The van der Waals surface area contributed by atoms with Crippen molar-refractivity contribution in [1.82, 2.24) is 15.1 Å². The van der Waals surface area contributed by atoms with Crippen molar-refractivity contribution >= 4 is 28.2 Å². The summed E-state index contributed by atoms with van der Waals surface area (Å²) in [6.45, 7) is 2.25. The maximum absolute atomic E-state index is 12.6. The predicted octanol–water partition coefficient (Wildman–Crippen LogP) is 1.17. The lowest BCUT2D eigenvalue weighted by Crippen LogP contribution is -2.40. The molecule has 1 fully saturated rings. The van der Waals surface area contributed by atoms with Gasteiger partial charge in [0.1, 0.15) is 5.69 Å². The Balaban J connectivity index is 1.52. The van der Waals surface area contributed by atoms with Gasteiger partial charge in [0.25, 0.3) is 5.91 Å². The molecule has 0 radical (unpaired) electrons. The fraction of sp³-hybridized carbons (Fsp3) is 0.238. The maximum Gasteiger partial charge on any atom is 0.254 e. The largest absolute Gasteiger partial charge is 0.396 e. The third-order valence-corrected chi connectivity index (χ3v) is 5.07. The average Bonchev–Trinajstić information content (AvgIpc) is 3.22. The van der Waals surface area contributed by atoms with Crippen LogP contribution in [-0.2, 0) is 11.3 Å². The van der Waals surface area contributed by atoms with Crippen LogP contribution < -0.4 is 16.6 Å². The van der Waals surface area contributed by atoms with E-state index < -0.39 is 0 Å². The summed E-state index contributed by atoms with van der Waals surface area (Å²) in [4.78, 5) is 14.3. The van der Waals surface area contributed by atoms with E-state index in [9.17, 15) is 9.90 Å². The molecular weight excluding hydrogens is 384 g/mol. The molecule has 1 aromatic heterocycles. The molecule has 9 heteroatoms. The standard InChI is InChI=1S/C21H24N6O3/c22-18(20-17-11-14(13-28)1-6-19(17)24-25-20)12-27(23)16-4-2-15(3-5-16)21(29)26-7-9-30-10-8-26/h1-6,11-12,28H,7-10,13,22-23H2,(H,24,25)/b18-12-. The van der Waals surface area contributed by atoms with E-state index in [1.54, 1.807) is 35.4 Å². The zero-order chi connectivity index (χ0) is 21.1. The minimum Gasteiger partial charge on any atom is -0.396 e. The number of hydrogen-bond donors (Lipinski definition) is 4. The van der Waals surface area contributed by atoms with E-state index in [1.165, 1.54) is 5.01 Å². The van der Waals surface area contributed by atoms with Gasteiger partial charge in [0.15, 0.2) is 0 Å². The molecule has 1 amide bonds. The smallest absolute Gasteiger partial charge is 0.254 e. The summed E-state index contributed by atoms with van der Waals surface area (Å²) < 4.78 is 5.29. The zero-order valence-corrected chi connectivity index (χ0v) is 16.4. The molecule has 0 spiro atoms. The van der Waals surface area contributed by atoms with E-state index in [2.05, 4.69) is 10.2 Å². The first-order valence-electron chi connectivity index (χ1n) is 9.63. The molecule has 1 aliphatic heterocycles. The molecule has 0 saturated carbocycles. The summed E-state index contributed by atoms with van der Waals surface area (Å²) >= 11 is 0. The van der Waals surface area contributed by atoms with E-state index in [-0.39, 0.29) is 12.5 Å². The topological polar surface area (TPSA) is 134 Å². The number of aromatic nitrogens is 2. The highest BCUT2D eigenvalue weighted by molar-refractivity contribution is 5.95. The van der Waals surface area contributed by atoms with Crippen molar-refractivity contribution in [3.8, 4) is 0 Å². The fourth-order valence-electron chi connectivity index (χ4n) is 3.39. The van der Waals surface area contributed by atoms with Gasteiger partial charge in [0.05, 0.1) is 36.7 Å². The van der Waals surface area contributed by atoms with Gasteiger partial charge < -0.3 is 20.5 Å². The molecule has 156 valence electrons. The predicted molar refractivity (Wildman–Crippen MR) is 114 cm³/mol. The van der Waals surface area contributed by atoms with Crippen LogP contribution in [0.15, 0.2) is 48.7 Å². The molecule has 0 bridgehead atoms. The van der Waals surface area contributed by atoms with Gasteiger partial charge in [-0.2, -0.15) is 5.10 Å². The Morgan fingerprint density at radius 2 is 1.97 bits per heavy atom. The molecule has 30 heavy (non-hydrogen) atoms. The number of morpholine rings is 1. The Morgan fingerprint density at radius 1 is 1.23 bits per heavy atom. The number of H-pyrrole nitrogens is 1. The quantitative estimate of drug-likeness (QED) is 0.368. The van der Waals surface area contributed by atoms with Crippen molar-refractivity contribution in [2.24, 2.45) is 11.6 Å². The molecule has 1 saturated heterocycles. The number of nitrogens with one attached hydrogen (secondary N) is 1. The number of amides is 1. The number of carbonyl (C=O) groups is 1. The molecule has 0 atom stereocenters. The van der Waals surface area contributed by atoms with Gasteiger partial charge in [-0.25, -0.2) is 5.84 Å². The first-order valence-corrected chi connectivity index (χ1v) is 9.63. The van der Waals surface area contributed by atoms with Crippen LogP contribution in [-0.4, -0.2) is 52.4 Å². The number of aliphatic hydroxyl groups is 1. The van der Waals surface area contributed by atoms with Crippen LogP contribution in [0.2, 0.25) is 0 Å². The number of ether oxygens (including phenoxy) is 1. The Hall–Kier alpha value is -3.40. The van der Waals surface area contributed by atoms with E-state index >= 15 is 0 Å². The lowest BCUT2D eigenvalue weighted by atomic mass is 10.1. The van der Waals surface area contributed by atoms with E-state index in [4.69, 9.17) is 16.3 Å². The van der Waals surface area contributed by atoms with Gasteiger partial charge in [0.2, 0.25) is 0 Å². The summed E-state index contributed by atoms with van der Waals surface area (Å²) in [5, 5.41) is 18.7. The number of hydrazine groups is 1. The van der Waals surface area contributed by atoms with Crippen LogP contribution in [0.25, 0.3) is 16.6 Å². The molecule has 3 aromatic rings. The van der Waals surface area contributed by atoms with Crippen molar-refractivity contribution in [1.29, 1.82) is 0 Å². The first-order chi connectivity index (χ1) is 14.6. The van der Waals surface area contributed by atoms with Gasteiger partial charge in [0, 0.05) is 30.2 Å². The molecule has 1 aliphatic rings. The second kappa shape index (κ2) is 8.54. The number of hydrogen-bond acceptors (Lipinski definition) is 7. The van der Waals surface area contributed by atoms with Crippen LogP contribution in [0.5, 0.6) is 0 Å². The lowest BCUT2D eigenvalue weighted by Gasteiger charge is -2.27. The highest BCUT2D eigenvalue weighted by atomic mass is 16.5. The number of anilines is 1. The van der Waals surface area contributed by atoms with Gasteiger partial charge >= 0.3 is 0 Å². The van der Waals surface area contributed by atoms with E-state index in [0.717, 1.165) is 16.5 Å². The highest BCUT2D eigenvalue weighted by Gasteiger charge is 2.18. The fourth-order valence-corrected chi connectivity index (χ4v) is 3.39. The Bertz CT molecular complexity index is 1070. The maximum atomic E-state index is 12.6. The minimum absolute atomic E-state index is 0.0221. The summed E-state index contributed by atoms with van der Waals surface area (Å²) in [5.74, 6) is 6.14. The van der Waals surface area contributed by atoms with Gasteiger partial charge in [-0.05, 0) is 42.0 Å². The molecular formula is C21H24N6O3. The third kappa shape index (κ3) is 3.99. The van der Waals surface area contributed by atoms with Gasteiger partial charge in [-0.1, -0.05) is 6.07 Å². The summed E-state index contributed by atoms with van der Waals surface area (Å²) in [6.07, 6.45) is 1.57. The summed E-state index contributed by atoms with van der Waals surface area (Å²) in [6, 6.07) is 12.5. The van der Waals surface area contributed by atoms with Crippen LogP contribution in [0, 0.1) is 0 Å². The lowest BCUT2D eigenvalue weighted by molar-refractivity contribution is 0.0303. The van der Waals surface area contributed by atoms with E-state index in [1.807, 2.05) is 18.2 Å². The second-order valence-electron chi connectivity index (χ2n) is 7.05. The number of carbonyl (C=O) groups excluding carboxylic acids is 1. The molecule has 9 nitrogen and oxygen atoms in total. The monoisotopic (exact) mass is 408 g/mol. The van der Waals surface area contributed by atoms with Crippen molar-refractivity contribution in [2.75, 3.05) is 31.3 Å². The first kappa shape index (κ1) is 19.9. The van der Waals surface area contributed by atoms with E-state index in [0.29, 0.717) is 48.9 Å². The van der Waals surface area contributed by atoms with Crippen molar-refractivity contribution < 1.29 is 14.6 Å². The highest BCUT2D eigenvalue weighted by Crippen LogP contribution is 2.23. The Labute approximate surface area is 173 Å². The van der Waals surface area contributed by atoms with Crippen molar-refractivity contribution in [3.05, 3.63) is 65.5 Å². The second-order valence-corrected chi connectivity index (χ2v) is 7.05. The number of aromatic amines is 1. The zero-order valence-electron chi connectivity index (χ0n) is 16.4. The van der Waals surface area contributed by atoms with Gasteiger partial charge in [-0.3, -0.25) is 14.9 Å². The molecule has 4 rings (SSSR count). The third-order valence-electron chi connectivity index (χ3n) is 5.07. The SMILES string of the molecule is N/C(=C\N(N)c1ccc(C(=O)N2CCOCC2)cc1)c1n[nH]c2ccc(CO)cc12. The van der Waals surface area contributed by atoms with Crippen molar-refractivity contribution in [3.63, 3.8) is 0 Å². The van der Waals surface area contributed by atoms with Crippen LogP contribution in [0.3, 0.4) is 0 Å². The van der Waals surface area contributed by atoms with Crippen LogP contribution in [0.1, 0.15) is 21.6 Å². The number of nitrogens with zero attached hydrogens (tertiary/aromatic N) is 3. The molecule has 2 aromatic carbocycles. The number of rotatable bonds is 5. The Kier molecular flexibility index (Phi) is 5.66. The summed E-state index contributed by atoms with van der Waals surface area (Å²) in [7, 11) is 0. The van der Waals surface area contributed by atoms with Crippen molar-refractivity contribution in [2.45, 2.75) is 6.61 Å². The summed E-state index contributed by atoms with van der Waals surface area (Å²) in [5.41, 5.74) is 10.0. The number of aliphatic hydroxyl groups excluding tert-OH is 1. The molecule has 0 unspecified atom stereocenters. The minimum atomic E-state index is -0.0668. The Morgan fingerprint density at radius 3 is 2.67 bits per heavy atom. The normalized spacial score (nSPS) is 14.9. The number of nitrogens with two attached hydrogens (primary N) is 2. The van der Waals surface area contributed by atoms with Crippen LogP contribution >= 0.6 is 0 Å². The molecule has 6 N–H and O–H groups in total. The molecule has 0 aliphatic carbocycles.